The lowest BCUT2D eigenvalue weighted by Gasteiger charge is -2.32. The molecule has 2 amide bonds. The number of carbonyl (C=O) groups excluding carboxylic acids is 4. The Labute approximate surface area is 269 Å². The van der Waals surface area contributed by atoms with Crippen molar-refractivity contribution in [3.8, 4) is 0 Å². The van der Waals surface area contributed by atoms with E-state index in [9.17, 15) is 19.2 Å². The van der Waals surface area contributed by atoms with E-state index in [0.717, 1.165) is 0 Å². The van der Waals surface area contributed by atoms with Crippen molar-refractivity contribution < 1.29 is 52.3 Å². The van der Waals surface area contributed by atoms with Crippen LogP contribution >= 0.6 is 0 Å². The summed E-state index contributed by atoms with van der Waals surface area (Å²) in [5.41, 5.74) is 0.0369. The van der Waals surface area contributed by atoms with Gasteiger partial charge in [-0.3, -0.25) is 9.59 Å². The van der Waals surface area contributed by atoms with Crippen LogP contribution in [0.3, 0.4) is 0 Å². The Morgan fingerprint density at radius 1 is 0.533 bits per heavy atom. The molecule has 0 aliphatic heterocycles. The molecule has 13 nitrogen and oxygen atoms in total. The van der Waals surface area contributed by atoms with Gasteiger partial charge in [0.05, 0.1) is 37.6 Å². The highest BCUT2D eigenvalue weighted by atomic mass is 16.6. The molecular formula is C32H60N2O11. The molecule has 0 fully saturated rings. The van der Waals surface area contributed by atoms with E-state index in [1.165, 1.54) is 13.8 Å². The summed E-state index contributed by atoms with van der Waals surface area (Å²) < 4.78 is 39.6. The second-order valence-electron chi connectivity index (χ2n) is 14.6. The minimum absolute atomic E-state index is 0.0624. The van der Waals surface area contributed by atoms with E-state index in [1.807, 2.05) is 20.8 Å². The lowest BCUT2D eigenvalue weighted by Crippen LogP contribution is -2.52. The monoisotopic (exact) mass is 648 g/mol. The van der Waals surface area contributed by atoms with Crippen LogP contribution < -0.4 is 11.1 Å². The van der Waals surface area contributed by atoms with Gasteiger partial charge in [0, 0.05) is 5.54 Å². The zero-order valence-corrected chi connectivity index (χ0v) is 30.2. The molecule has 0 spiro atoms. The van der Waals surface area contributed by atoms with E-state index in [4.69, 9.17) is 38.9 Å². The molecule has 0 aromatic rings. The summed E-state index contributed by atoms with van der Waals surface area (Å²) >= 11 is 0. The highest BCUT2D eigenvalue weighted by molar-refractivity contribution is 5.85. The number of primary amides is 1. The smallest absolute Gasteiger partial charge is 0.337 e. The molecule has 4 unspecified atom stereocenters. The first-order chi connectivity index (χ1) is 20.1. The molecule has 0 heterocycles. The van der Waals surface area contributed by atoms with Crippen molar-refractivity contribution in [2.24, 2.45) is 5.73 Å². The quantitative estimate of drug-likeness (QED) is 0.186. The predicted molar refractivity (Wildman–Crippen MR) is 168 cm³/mol. The third-order valence-corrected chi connectivity index (χ3v) is 6.20. The Bertz CT molecular complexity index is 986. The highest BCUT2D eigenvalue weighted by Crippen LogP contribution is 2.20. The number of esters is 2. The van der Waals surface area contributed by atoms with Crippen molar-refractivity contribution in [1.29, 1.82) is 0 Å². The van der Waals surface area contributed by atoms with Gasteiger partial charge in [-0.05, 0) is 104 Å². The first kappa shape index (κ1) is 42.7. The molecule has 0 bridgehead atoms. The van der Waals surface area contributed by atoms with Gasteiger partial charge in [-0.25, -0.2) is 9.59 Å². The van der Waals surface area contributed by atoms with Crippen molar-refractivity contribution in [3.05, 3.63) is 0 Å². The van der Waals surface area contributed by atoms with Crippen molar-refractivity contribution in [2.45, 2.75) is 156 Å². The summed E-state index contributed by atoms with van der Waals surface area (Å²) in [6.45, 7) is 25.4. The predicted octanol–water partition coefficient (Wildman–Crippen LogP) is 3.22. The number of nitrogens with one attached hydrogen (secondary N) is 1. The SMILES string of the molecule is CC(COC(=O)C(C)(C)OC(C)COCC(C)OC(C)(C)C(=O)OCC(C)OC(C)(C)C(=O)NC(C)(C)C)OC(C)(C)C(N)=O. The van der Waals surface area contributed by atoms with E-state index >= 15 is 0 Å². The van der Waals surface area contributed by atoms with Gasteiger partial charge in [0.2, 0.25) is 5.91 Å². The van der Waals surface area contributed by atoms with Crippen molar-refractivity contribution in [3.63, 3.8) is 0 Å². The van der Waals surface area contributed by atoms with Gasteiger partial charge in [0.25, 0.3) is 5.91 Å². The number of hydrogen-bond donors (Lipinski definition) is 2. The minimum atomic E-state index is -1.28. The Hall–Kier alpha value is -2.32. The van der Waals surface area contributed by atoms with Gasteiger partial charge in [0.15, 0.2) is 11.2 Å². The fourth-order valence-corrected chi connectivity index (χ4v) is 3.98. The second kappa shape index (κ2) is 17.0. The molecule has 0 rings (SSSR count). The topological polar surface area (TPSA) is 171 Å². The number of amides is 2. The van der Waals surface area contributed by atoms with Crippen LogP contribution in [0.5, 0.6) is 0 Å². The lowest BCUT2D eigenvalue weighted by atomic mass is 10.0. The maximum Gasteiger partial charge on any atom is 0.337 e. The molecule has 3 N–H and O–H groups in total. The molecular weight excluding hydrogens is 588 g/mol. The van der Waals surface area contributed by atoms with Crippen LogP contribution in [0.15, 0.2) is 0 Å². The summed E-state index contributed by atoms with van der Waals surface area (Å²) in [4.78, 5) is 49.4. The molecule has 13 heteroatoms. The summed E-state index contributed by atoms with van der Waals surface area (Å²) in [5, 5.41) is 2.88. The molecule has 45 heavy (non-hydrogen) atoms. The Morgan fingerprint density at radius 2 is 0.844 bits per heavy atom. The number of ether oxygens (including phenoxy) is 7. The molecule has 0 saturated heterocycles. The Balaban J connectivity index is 4.65. The van der Waals surface area contributed by atoms with Crippen LogP contribution in [-0.4, -0.2) is 103 Å². The van der Waals surface area contributed by atoms with Gasteiger partial charge in [-0.15, -0.1) is 0 Å². The van der Waals surface area contributed by atoms with Crippen molar-refractivity contribution >= 4 is 23.8 Å². The van der Waals surface area contributed by atoms with Crippen LogP contribution in [0.25, 0.3) is 0 Å². The first-order valence-electron chi connectivity index (χ1n) is 15.4. The second-order valence-corrected chi connectivity index (χ2v) is 14.6. The molecule has 0 radical (unpaired) electrons. The average molecular weight is 649 g/mol. The third kappa shape index (κ3) is 16.7. The number of rotatable bonds is 20. The number of nitrogens with two attached hydrogens (primary N) is 1. The van der Waals surface area contributed by atoms with Gasteiger partial charge >= 0.3 is 11.9 Å². The van der Waals surface area contributed by atoms with E-state index in [0.29, 0.717) is 0 Å². The third-order valence-electron chi connectivity index (χ3n) is 6.20. The summed E-state index contributed by atoms with van der Waals surface area (Å²) in [6, 6.07) is 0. The minimum Gasteiger partial charge on any atom is -0.461 e. The number of hydrogen-bond acceptors (Lipinski definition) is 11. The van der Waals surface area contributed by atoms with E-state index in [-0.39, 0.29) is 32.3 Å². The van der Waals surface area contributed by atoms with Crippen LogP contribution in [0, 0.1) is 0 Å². The highest BCUT2D eigenvalue weighted by Gasteiger charge is 2.37. The lowest BCUT2D eigenvalue weighted by molar-refractivity contribution is -0.188. The summed E-state index contributed by atoms with van der Waals surface area (Å²) in [5.74, 6) is -2.08. The summed E-state index contributed by atoms with van der Waals surface area (Å²) in [6.07, 6.45) is -2.06. The zero-order chi connectivity index (χ0) is 35.6. The molecule has 0 aromatic carbocycles. The van der Waals surface area contributed by atoms with Crippen LogP contribution in [-0.2, 0) is 52.3 Å². The van der Waals surface area contributed by atoms with Crippen LogP contribution in [0.2, 0.25) is 0 Å². The van der Waals surface area contributed by atoms with E-state index in [2.05, 4.69) is 5.32 Å². The van der Waals surface area contributed by atoms with Crippen LogP contribution in [0.1, 0.15) is 104 Å². The molecule has 264 valence electrons. The Kier molecular flexibility index (Phi) is 16.1. The maximum atomic E-state index is 12.8. The molecule has 0 aliphatic rings. The van der Waals surface area contributed by atoms with E-state index in [1.54, 1.807) is 69.2 Å². The average Bonchev–Trinajstić information content (AvgIpc) is 2.83. The molecule has 0 aromatic heterocycles. The molecule has 0 saturated carbocycles. The van der Waals surface area contributed by atoms with Crippen molar-refractivity contribution in [1.82, 2.24) is 5.32 Å². The molecule has 4 atom stereocenters. The Morgan fingerprint density at radius 3 is 1.18 bits per heavy atom. The molecule has 0 aliphatic carbocycles. The fraction of sp³-hybridized carbons (Fsp3) is 0.875. The fourth-order valence-electron chi connectivity index (χ4n) is 3.98. The maximum absolute atomic E-state index is 12.8. The zero-order valence-electron chi connectivity index (χ0n) is 30.2. The standard InChI is InChI=1S/C32H60N2O11/c1-20(44-31(12,13)26(37)40-18-22(3)42-29(8,9)24(33)35)16-39-17-21(2)45-32(14,15)27(38)41-19-23(4)43-30(10,11)25(36)34-28(5,6)7/h20-23H,16-19H2,1-15H3,(H2,33,35)(H,34,36). The summed E-state index contributed by atoms with van der Waals surface area (Å²) in [7, 11) is 0. The van der Waals surface area contributed by atoms with Crippen LogP contribution in [0.4, 0.5) is 0 Å². The van der Waals surface area contributed by atoms with Gasteiger partial charge < -0.3 is 44.2 Å². The largest absolute Gasteiger partial charge is 0.461 e. The van der Waals surface area contributed by atoms with Gasteiger partial charge in [-0.2, -0.15) is 0 Å². The number of carbonyl (C=O) groups is 4. The normalized spacial score (nSPS) is 15.9. The van der Waals surface area contributed by atoms with Gasteiger partial charge in [0.1, 0.15) is 24.4 Å². The first-order valence-corrected chi connectivity index (χ1v) is 15.4. The van der Waals surface area contributed by atoms with E-state index < -0.39 is 70.2 Å². The van der Waals surface area contributed by atoms with Gasteiger partial charge in [-0.1, -0.05) is 0 Å². The van der Waals surface area contributed by atoms with Crippen molar-refractivity contribution in [2.75, 3.05) is 26.4 Å².